The van der Waals surface area contributed by atoms with Gasteiger partial charge in [-0.3, -0.25) is 14.9 Å². The van der Waals surface area contributed by atoms with Gasteiger partial charge in [0.1, 0.15) is 5.69 Å². The zero-order valence-electron chi connectivity index (χ0n) is 11.6. The third kappa shape index (κ3) is 3.43. The summed E-state index contributed by atoms with van der Waals surface area (Å²) < 4.78 is 1.52. The van der Waals surface area contributed by atoms with Crippen molar-refractivity contribution >= 4 is 17.4 Å². The maximum absolute atomic E-state index is 11.4. The molecule has 0 fully saturated rings. The second kappa shape index (κ2) is 6.17. The summed E-state index contributed by atoms with van der Waals surface area (Å²) in [7, 11) is 0. The van der Waals surface area contributed by atoms with Crippen LogP contribution < -0.4 is 10.6 Å². The van der Waals surface area contributed by atoms with Gasteiger partial charge in [-0.2, -0.15) is 5.10 Å². The van der Waals surface area contributed by atoms with Gasteiger partial charge in [-0.25, -0.2) is 4.68 Å². The Kier molecular flexibility index (Phi) is 4.85. The van der Waals surface area contributed by atoms with Crippen molar-refractivity contribution in [3.05, 3.63) is 15.8 Å². The van der Waals surface area contributed by atoms with Crippen molar-refractivity contribution < 1.29 is 9.72 Å². The number of rotatable bonds is 6. The van der Waals surface area contributed by atoms with Crippen LogP contribution in [-0.2, 0) is 4.79 Å². The second-order valence-electron chi connectivity index (χ2n) is 4.39. The van der Waals surface area contributed by atoms with E-state index >= 15 is 0 Å². The summed E-state index contributed by atoms with van der Waals surface area (Å²) in [5, 5.41) is 20.6. The molecule has 1 amide bonds. The van der Waals surface area contributed by atoms with Gasteiger partial charge in [0.2, 0.25) is 11.7 Å². The van der Waals surface area contributed by atoms with Gasteiger partial charge in [-0.1, -0.05) is 0 Å². The Balaban J connectivity index is 3.02. The third-order valence-corrected chi connectivity index (χ3v) is 2.52. The van der Waals surface area contributed by atoms with E-state index in [0.29, 0.717) is 12.2 Å². The van der Waals surface area contributed by atoms with E-state index in [-0.39, 0.29) is 30.0 Å². The van der Waals surface area contributed by atoms with Crippen LogP contribution in [0.1, 0.15) is 32.5 Å². The summed E-state index contributed by atoms with van der Waals surface area (Å²) in [6.07, 6.45) is 0. The van der Waals surface area contributed by atoms with Crippen LogP contribution in [0.3, 0.4) is 0 Å². The number of amides is 1. The molecule has 0 aromatic carbocycles. The monoisotopic (exact) mass is 269 g/mol. The van der Waals surface area contributed by atoms with E-state index in [1.54, 1.807) is 6.92 Å². The number of hydrogen-bond donors (Lipinski definition) is 2. The van der Waals surface area contributed by atoms with Gasteiger partial charge in [0.25, 0.3) is 0 Å². The minimum atomic E-state index is -0.485. The van der Waals surface area contributed by atoms with E-state index in [1.807, 2.05) is 20.8 Å². The van der Waals surface area contributed by atoms with Crippen LogP contribution >= 0.6 is 0 Å². The van der Waals surface area contributed by atoms with E-state index in [9.17, 15) is 14.9 Å². The molecule has 0 atom stereocenters. The highest BCUT2D eigenvalue weighted by Gasteiger charge is 2.26. The van der Waals surface area contributed by atoms with Crippen molar-refractivity contribution in [3.63, 3.8) is 0 Å². The molecule has 19 heavy (non-hydrogen) atoms. The van der Waals surface area contributed by atoms with E-state index in [1.165, 1.54) is 4.68 Å². The molecule has 1 heterocycles. The Labute approximate surface area is 111 Å². The molecule has 0 aliphatic carbocycles. The molecule has 0 saturated carbocycles. The molecule has 8 nitrogen and oxygen atoms in total. The lowest BCUT2D eigenvalue weighted by Gasteiger charge is -2.11. The molecule has 1 aromatic heterocycles. The number of likely N-dealkylation sites (N-methyl/N-ethyl adjacent to an activating group) is 1. The van der Waals surface area contributed by atoms with Gasteiger partial charge in [-0.05, 0) is 27.7 Å². The Morgan fingerprint density at radius 3 is 2.63 bits per heavy atom. The predicted molar refractivity (Wildman–Crippen MR) is 71.2 cm³/mol. The zero-order valence-corrected chi connectivity index (χ0v) is 11.6. The van der Waals surface area contributed by atoms with E-state index in [0.717, 1.165) is 0 Å². The molecule has 2 N–H and O–H groups in total. The highest BCUT2D eigenvalue weighted by atomic mass is 16.6. The van der Waals surface area contributed by atoms with E-state index in [2.05, 4.69) is 15.7 Å². The molecule has 0 radical (unpaired) electrons. The Bertz CT molecular complexity index is 481. The van der Waals surface area contributed by atoms with Gasteiger partial charge in [0.15, 0.2) is 0 Å². The van der Waals surface area contributed by atoms with Gasteiger partial charge in [0.05, 0.1) is 11.5 Å². The van der Waals surface area contributed by atoms with Crippen molar-refractivity contribution in [1.29, 1.82) is 0 Å². The lowest BCUT2D eigenvalue weighted by Crippen LogP contribution is -2.30. The van der Waals surface area contributed by atoms with Gasteiger partial charge < -0.3 is 10.6 Å². The Morgan fingerprint density at radius 1 is 1.53 bits per heavy atom. The Morgan fingerprint density at radius 2 is 2.16 bits per heavy atom. The summed E-state index contributed by atoms with van der Waals surface area (Å²) in [5.74, 6) is 0.0507. The fraction of sp³-hybridized carbons (Fsp3) is 0.636. The standard InChI is InChI=1S/C11H19N5O3/c1-5-12-9(17)6-13-11-10(16(18)19)8(4)14-15(11)7(2)3/h7,13H,5-6H2,1-4H3,(H,12,17). The first-order valence-electron chi connectivity index (χ1n) is 6.12. The summed E-state index contributed by atoms with van der Waals surface area (Å²) in [5.41, 5.74) is 0.245. The highest BCUT2D eigenvalue weighted by Crippen LogP contribution is 2.30. The van der Waals surface area contributed by atoms with Crippen LogP contribution in [0.5, 0.6) is 0 Å². The number of carbonyl (C=O) groups excluding carboxylic acids is 1. The van der Waals surface area contributed by atoms with Crippen LogP contribution in [0.2, 0.25) is 0 Å². The molecular weight excluding hydrogens is 250 g/mol. The first kappa shape index (κ1) is 14.9. The van der Waals surface area contributed by atoms with Crippen molar-refractivity contribution in [1.82, 2.24) is 15.1 Å². The molecule has 1 rings (SSSR count). The van der Waals surface area contributed by atoms with Crippen LogP contribution in [0.25, 0.3) is 0 Å². The number of nitrogens with one attached hydrogen (secondary N) is 2. The van der Waals surface area contributed by atoms with Crippen LogP contribution in [0, 0.1) is 17.0 Å². The lowest BCUT2D eigenvalue weighted by atomic mass is 10.3. The maximum atomic E-state index is 11.4. The van der Waals surface area contributed by atoms with Crippen molar-refractivity contribution in [2.24, 2.45) is 0 Å². The van der Waals surface area contributed by atoms with Crippen LogP contribution in [0.4, 0.5) is 11.5 Å². The minimum Gasteiger partial charge on any atom is -0.355 e. The molecule has 0 spiro atoms. The first-order chi connectivity index (χ1) is 8.88. The number of nitrogens with zero attached hydrogens (tertiary/aromatic N) is 3. The average molecular weight is 269 g/mol. The summed E-state index contributed by atoms with van der Waals surface area (Å²) >= 11 is 0. The number of aryl methyl sites for hydroxylation is 1. The fourth-order valence-corrected chi connectivity index (χ4v) is 1.72. The van der Waals surface area contributed by atoms with Gasteiger partial charge in [-0.15, -0.1) is 0 Å². The van der Waals surface area contributed by atoms with Crippen LogP contribution in [-0.4, -0.2) is 33.7 Å². The number of nitro groups is 1. The maximum Gasteiger partial charge on any atom is 0.333 e. The SMILES string of the molecule is CCNC(=O)CNc1c([N+](=O)[O-])c(C)nn1C(C)C. The smallest absolute Gasteiger partial charge is 0.333 e. The first-order valence-corrected chi connectivity index (χ1v) is 6.12. The number of aromatic nitrogens is 2. The largest absolute Gasteiger partial charge is 0.355 e. The van der Waals surface area contributed by atoms with E-state index < -0.39 is 4.92 Å². The molecule has 0 bridgehead atoms. The molecule has 0 unspecified atom stereocenters. The fourth-order valence-electron chi connectivity index (χ4n) is 1.72. The quantitative estimate of drug-likeness (QED) is 0.597. The third-order valence-electron chi connectivity index (χ3n) is 2.52. The summed E-state index contributed by atoms with van der Waals surface area (Å²) in [4.78, 5) is 22.0. The molecule has 8 heteroatoms. The second-order valence-corrected chi connectivity index (χ2v) is 4.39. The van der Waals surface area contributed by atoms with Crippen LogP contribution in [0.15, 0.2) is 0 Å². The molecular formula is C11H19N5O3. The average Bonchev–Trinajstić information content (AvgIpc) is 2.64. The Hall–Kier alpha value is -2.12. The molecule has 1 aromatic rings. The number of carbonyl (C=O) groups is 1. The highest BCUT2D eigenvalue weighted by molar-refractivity contribution is 5.81. The molecule has 0 aliphatic rings. The minimum absolute atomic E-state index is 0.0213. The molecule has 0 saturated heterocycles. The zero-order chi connectivity index (χ0) is 14.6. The summed E-state index contributed by atoms with van der Waals surface area (Å²) in [6.45, 7) is 7.62. The predicted octanol–water partition coefficient (Wildman–Crippen LogP) is 1.23. The molecule has 106 valence electrons. The number of hydrogen-bond acceptors (Lipinski definition) is 5. The van der Waals surface area contributed by atoms with Crippen molar-refractivity contribution in [3.8, 4) is 0 Å². The van der Waals surface area contributed by atoms with Gasteiger partial charge in [0, 0.05) is 12.6 Å². The lowest BCUT2D eigenvalue weighted by molar-refractivity contribution is -0.384. The topological polar surface area (TPSA) is 102 Å². The van der Waals surface area contributed by atoms with Gasteiger partial charge >= 0.3 is 5.69 Å². The van der Waals surface area contributed by atoms with E-state index in [4.69, 9.17) is 0 Å². The van der Waals surface area contributed by atoms with Crippen molar-refractivity contribution in [2.75, 3.05) is 18.4 Å². The van der Waals surface area contributed by atoms with Crippen molar-refractivity contribution in [2.45, 2.75) is 33.7 Å². The number of anilines is 1. The normalized spacial score (nSPS) is 10.6. The summed E-state index contributed by atoms with van der Waals surface area (Å²) in [6, 6.07) is -0.0378. The molecule has 0 aliphatic heterocycles.